The van der Waals surface area contributed by atoms with Crippen LogP contribution in [0, 0.1) is 10.1 Å². The first-order chi connectivity index (χ1) is 9.75. The van der Waals surface area contributed by atoms with Gasteiger partial charge in [-0.3, -0.25) is 10.1 Å². The van der Waals surface area contributed by atoms with Gasteiger partial charge in [0.2, 0.25) is 0 Å². The van der Waals surface area contributed by atoms with E-state index in [0.717, 1.165) is 13.0 Å². The number of nitrogens with zero attached hydrogens (tertiary/aromatic N) is 3. The Labute approximate surface area is 119 Å². The fourth-order valence-corrected chi connectivity index (χ4v) is 2.46. The van der Waals surface area contributed by atoms with Crippen LogP contribution in [0.4, 0.5) is 11.5 Å². The van der Waals surface area contributed by atoms with Crippen LogP contribution in [0.3, 0.4) is 0 Å². The van der Waals surface area contributed by atoms with Gasteiger partial charge < -0.3 is 10.2 Å². The minimum atomic E-state index is -0.435. The lowest BCUT2D eigenvalue weighted by Crippen LogP contribution is -2.30. The van der Waals surface area contributed by atoms with E-state index < -0.39 is 4.92 Å². The van der Waals surface area contributed by atoms with Crippen LogP contribution in [0.25, 0.3) is 0 Å². The molecule has 0 aliphatic carbocycles. The van der Waals surface area contributed by atoms with Gasteiger partial charge in [-0.25, -0.2) is 4.98 Å². The number of anilines is 1. The first-order valence-corrected chi connectivity index (χ1v) is 7.32. The summed E-state index contributed by atoms with van der Waals surface area (Å²) >= 11 is 0. The summed E-state index contributed by atoms with van der Waals surface area (Å²) in [5.74, 6) is 0.702. The summed E-state index contributed by atoms with van der Waals surface area (Å²) in [7, 11) is 0. The molecular weight excluding hydrogens is 256 g/mol. The molecule has 6 nitrogen and oxygen atoms in total. The van der Waals surface area contributed by atoms with E-state index in [2.05, 4.69) is 15.2 Å². The van der Waals surface area contributed by atoms with Gasteiger partial charge in [0, 0.05) is 12.6 Å². The number of aromatic nitrogens is 1. The van der Waals surface area contributed by atoms with Gasteiger partial charge in [0.05, 0.1) is 4.92 Å². The second-order valence-electron chi connectivity index (χ2n) is 5.19. The lowest BCUT2D eigenvalue weighted by atomic mass is 10.1. The number of hydrogen-bond donors (Lipinski definition) is 1. The smallest absolute Gasteiger partial charge is 0.287 e. The summed E-state index contributed by atoms with van der Waals surface area (Å²) in [4.78, 5) is 16.6. The van der Waals surface area contributed by atoms with Gasteiger partial charge in [-0.1, -0.05) is 6.42 Å². The number of likely N-dealkylation sites (tertiary alicyclic amines) is 1. The van der Waals surface area contributed by atoms with Gasteiger partial charge in [0.1, 0.15) is 12.0 Å². The molecule has 1 N–H and O–H groups in total. The molecule has 0 spiro atoms. The highest BCUT2D eigenvalue weighted by Crippen LogP contribution is 2.12. The Morgan fingerprint density at radius 3 is 2.70 bits per heavy atom. The summed E-state index contributed by atoms with van der Waals surface area (Å²) in [6.07, 6.45) is 7.62. The molecule has 1 aromatic heterocycles. The third kappa shape index (κ3) is 4.77. The molecule has 0 unspecified atom stereocenters. The maximum atomic E-state index is 10.5. The first kappa shape index (κ1) is 14.7. The normalized spacial score (nSPS) is 16.0. The largest absolute Gasteiger partial charge is 0.370 e. The van der Waals surface area contributed by atoms with Crippen LogP contribution in [0.1, 0.15) is 32.1 Å². The van der Waals surface area contributed by atoms with Crippen molar-refractivity contribution >= 4 is 11.5 Å². The number of nitrogens with one attached hydrogen (secondary N) is 1. The first-order valence-electron chi connectivity index (χ1n) is 7.32. The number of nitro groups is 1. The maximum Gasteiger partial charge on any atom is 0.287 e. The molecule has 0 aromatic carbocycles. The van der Waals surface area contributed by atoms with Crippen LogP contribution < -0.4 is 5.32 Å². The van der Waals surface area contributed by atoms with E-state index in [-0.39, 0.29) is 5.69 Å². The third-order valence-electron chi connectivity index (χ3n) is 3.61. The predicted octanol–water partition coefficient (Wildman–Crippen LogP) is 2.67. The highest BCUT2D eigenvalue weighted by atomic mass is 16.6. The van der Waals surface area contributed by atoms with Gasteiger partial charge in [-0.2, -0.15) is 0 Å². The van der Waals surface area contributed by atoms with Gasteiger partial charge in [0.15, 0.2) is 0 Å². The van der Waals surface area contributed by atoms with Crippen LogP contribution in [0.15, 0.2) is 18.3 Å². The molecule has 1 aliphatic rings. The predicted molar refractivity (Wildman–Crippen MR) is 78.9 cm³/mol. The third-order valence-corrected chi connectivity index (χ3v) is 3.61. The van der Waals surface area contributed by atoms with E-state index in [0.29, 0.717) is 5.82 Å². The average molecular weight is 278 g/mol. The van der Waals surface area contributed by atoms with Crippen molar-refractivity contribution < 1.29 is 4.92 Å². The zero-order valence-corrected chi connectivity index (χ0v) is 11.8. The molecule has 2 heterocycles. The van der Waals surface area contributed by atoms with Crippen molar-refractivity contribution in [3.63, 3.8) is 0 Å². The Balaban J connectivity index is 1.59. The number of unbranched alkanes of at least 4 members (excludes halogenated alkanes) is 1. The summed E-state index contributed by atoms with van der Waals surface area (Å²) in [5, 5.41) is 13.7. The molecule has 1 aliphatic heterocycles. The van der Waals surface area contributed by atoms with E-state index in [4.69, 9.17) is 0 Å². The van der Waals surface area contributed by atoms with Crippen LogP contribution in [0.2, 0.25) is 0 Å². The Kier molecular flexibility index (Phi) is 5.73. The summed E-state index contributed by atoms with van der Waals surface area (Å²) in [5.41, 5.74) is 0.0284. The Bertz CT molecular complexity index is 416. The number of rotatable bonds is 7. The fraction of sp³-hybridized carbons (Fsp3) is 0.643. The van der Waals surface area contributed by atoms with E-state index in [1.165, 1.54) is 57.6 Å². The van der Waals surface area contributed by atoms with Crippen LogP contribution >= 0.6 is 0 Å². The number of piperidine rings is 1. The van der Waals surface area contributed by atoms with Crippen molar-refractivity contribution in [3.05, 3.63) is 28.4 Å². The van der Waals surface area contributed by atoms with Crippen LogP contribution in [-0.2, 0) is 0 Å². The monoisotopic (exact) mass is 278 g/mol. The van der Waals surface area contributed by atoms with Gasteiger partial charge in [-0.15, -0.1) is 0 Å². The van der Waals surface area contributed by atoms with Crippen molar-refractivity contribution in [2.45, 2.75) is 32.1 Å². The summed E-state index contributed by atoms with van der Waals surface area (Å²) in [6.45, 7) is 4.53. The molecule has 6 heteroatoms. The zero-order valence-electron chi connectivity index (χ0n) is 11.8. The fourth-order valence-electron chi connectivity index (χ4n) is 2.46. The highest BCUT2D eigenvalue weighted by Gasteiger charge is 2.09. The van der Waals surface area contributed by atoms with Gasteiger partial charge in [-0.05, 0) is 51.4 Å². The van der Waals surface area contributed by atoms with Crippen molar-refractivity contribution in [1.29, 1.82) is 0 Å². The lowest BCUT2D eigenvalue weighted by molar-refractivity contribution is -0.385. The molecule has 0 atom stereocenters. The van der Waals surface area contributed by atoms with E-state index in [9.17, 15) is 10.1 Å². The molecular formula is C14H22N4O2. The van der Waals surface area contributed by atoms with Crippen LogP contribution in [0.5, 0.6) is 0 Å². The SMILES string of the molecule is O=[N+]([O-])c1ccc(NCCCCN2CCCCC2)nc1. The topological polar surface area (TPSA) is 71.3 Å². The molecule has 0 radical (unpaired) electrons. The van der Waals surface area contributed by atoms with E-state index >= 15 is 0 Å². The van der Waals surface area contributed by atoms with Crippen LogP contribution in [-0.4, -0.2) is 41.0 Å². The summed E-state index contributed by atoms with van der Waals surface area (Å²) < 4.78 is 0. The molecule has 1 aromatic rings. The van der Waals surface area contributed by atoms with E-state index in [1.54, 1.807) is 6.07 Å². The van der Waals surface area contributed by atoms with Gasteiger partial charge >= 0.3 is 0 Å². The Hall–Kier alpha value is -1.69. The van der Waals surface area contributed by atoms with E-state index in [1.807, 2.05) is 0 Å². The molecule has 1 fully saturated rings. The average Bonchev–Trinajstić information content (AvgIpc) is 2.48. The lowest BCUT2D eigenvalue weighted by Gasteiger charge is -2.26. The zero-order chi connectivity index (χ0) is 14.2. The Morgan fingerprint density at radius 2 is 2.05 bits per heavy atom. The van der Waals surface area contributed by atoms with Crippen molar-refractivity contribution in [1.82, 2.24) is 9.88 Å². The maximum absolute atomic E-state index is 10.5. The molecule has 110 valence electrons. The van der Waals surface area contributed by atoms with Gasteiger partial charge in [0.25, 0.3) is 5.69 Å². The highest BCUT2D eigenvalue weighted by molar-refractivity contribution is 5.39. The molecule has 0 amide bonds. The van der Waals surface area contributed by atoms with Crippen molar-refractivity contribution in [2.24, 2.45) is 0 Å². The second-order valence-corrected chi connectivity index (χ2v) is 5.19. The van der Waals surface area contributed by atoms with Crippen molar-refractivity contribution in [3.8, 4) is 0 Å². The standard InChI is InChI=1S/C14H22N4O2/c19-18(20)13-6-7-14(16-12-13)15-8-2-5-11-17-9-3-1-4-10-17/h6-7,12H,1-5,8-11H2,(H,15,16). The quantitative estimate of drug-likeness (QED) is 0.471. The molecule has 0 bridgehead atoms. The Morgan fingerprint density at radius 1 is 1.25 bits per heavy atom. The number of pyridine rings is 1. The minimum Gasteiger partial charge on any atom is -0.370 e. The minimum absolute atomic E-state index is 0.0284. The molecule has 0 saturated carbocycles. The molecule has 20 heavy (non-hydrogen) atoms. The number of hydrogen-bond acceptors (Lipinski definition) is 5. The second kappa shape index (κ2) is 7.79. The summed E-state index contributed by atoms with van der Waals surface area (Å²) in [6, 6.07) is 3.13. The molecule has 1 saturated heterocycles. The van der Waals surface area contributed by atoms with Crippen molar-refractivity contribution in [2.75, 3.05) is 31.5 Å². The molecule has 2 rings (SSSR count).